The van der Waals surface area contributed by atoms with E-state index in [4.69, 9.17) is 0 Å². The third-order valence-electron chi connectivity index (χ3n) is 3.66. The molecule has 1 heterocycles. The van der Waals surface area contributed by atoms with Gasteiger partial charge in [0.15, 0.2) is 0 Å². The quantitative estimate of drug-likeness (QED) is 0.846. The highest BCUT2D eigenvalue weighted by Crippen LogP contribution is 2.20. The smallest absolute Gasteiger partial charge is 0.229 e. The van der Waals surface area contributed by atoms with Crippen LogP contribution < -0.4 is 10.0 Å². The van der Waals surface area contributed by atoms with Gasteiger partial charge in [-0.25, -0.2) is 8.42 Å². The Kier molecular flexibility index (Phi) is 5.47. The van der Waals surface area contributed by atoms with E-state index < -0.39 is 10.0 Å². The Balaban J connectivity index is 1.90. The number of benzene rings is 1. The summed E-state index contributed by atoms with van der Waals surface area (Å²) in [5, 5.41) is 3.51. The van der Waals surface area contributed by atoms with E-state index in [9.17, 15) is 8.42 Å². The minimum absolute atomic E-state index is 0.464. The third-order valence-corrected chi connectivity index (χ3v) is 4.27. The van der Waals surface area contributed by atoms with Crippen molar-refractivity contribution in [2.24, 2.45) is 0 Å². The van der Waals surface area contributed by atoms with Crippen LogP contribution in [0.25, 0.3) is 0 Å². The first-order valence-corrected chi connectivity index (χ1v) is 9.42. The van der Waals surface area contributed by atoms with Crippen LogP contribution in [0, 0.1) is 0 Å². The molecule has 1 aliphatic heterocycles. The zero-order chi connectivity index (χ0) is 15.3. The molecule has 1 aromatic rings. The van der Waals surface area contributed by atoms with E-state index in [0.717, 1.165) is 37.9 Å². The zero-order valence-corrected chi connectivity index (χ0v) is 13.6. The molecule has 0 radical (unpaired) electrons. The maximum Gasteiger partial charge on any atom is 0.229 e. The van der Waals surface area contributed by atoms with Gasteiger partial charge in [0.25, 0.3) is 0 Å². The van der Waals surface area contributed by atoms with Crippen molar-refractivity contribution in [2.75, 3.05) is 35.9 Å². The van der Waals surface area contributed by atoms with Gasteiger partial charge in [-0.05, 0) is 44.0 Å². The fraction of sp³-hybridized carbons (Fsp3) is 0.600. The molecule has 118 valence electrons. The summed E-state index contributed by atoms with van der Waals surface area (Å²) >= 11 is 0. The number of piperidine rings is 1. The summed E-state index contributed by atoms with van der Waals surface area (Å²) in [7, 11) is -3.23. The second-order valence-corrected chi connectivity index (χ2v) is 7.46. The van der Waals surface area contributed by atoms with Gasteiger partial charge in [0.1, 0.15) is 0 Å². The minimum atomic E-state index is -3.23. The van der Waals surface area contributed by atoms with Crippen LogP contribution >= 0.6 is 0 Å². The molecule has 0 amide bonds. The number of hydrogen-bond acceptors (Lipinski definition) is 4. The van der Waals surface area contributed by atoms with Gasteiger partial charge in [-0.1, -0.05) is 13.0 Å². The van der Waals surface area contributed by atoms with E-state index in [2.05, 4.69) is 21.9 Å². The van der Waals surface area contributed by atoms with Crippen LogP contribution in [0.15, 0.2) is 24.3 Å². The number of nitrogens with zero attached hydrogens (tertiary/aromatic N) is 1. The second kappa shape index (κ2) is 7.13. The van der Waals surface area contributed by atoms with Gasteiger partial charge in [0.05, 0.1) is 11.9 Å². The van der Waals surface area contributed by atoms with E-state index >= 15 is 0 Å². The maximum atomic E-state index is 11.3. The number of likely N-dealkylation sites (tertiary alicyclic amines) is 1. The Morgan fingerprint density at radius 3 is 2.52 bits per heavy atom. The first-order chi connectivity index (χ1) is 9.96. The van der Waals surface area contributed by atoms with Crippen molar-refractivity contribution in [1.82, 2.24) is 4.90 Å². The molecule has 0 aromatic heterocycles. The van der Waals surface area contributed by atoms with E-state index in [1.807, 2.05) is 18.2 Å². The Hall–Kier alpha value is -1.27. The van der Waals surface area contributed by atoms with Crippen molar-refractivity contribution in [2.45, 2.75) is 32.2 Å². The lowest BCUT2D eigenvalue weighted by molar-refractivity contribution is 0.219. The molecule has 1 aromatic carbocycles. The number of rotatable bonds is 6. The highest BCUT2D eigenvalue weighted by molar-refractivity contribution is 7.92. The van der Waals surface area contributed by atoms with E-state index in [0.29, 0.717) is 11.7 Å². The van der Waals surface area contributed by atoms with Crippen LogP contribution in [0.4, 0.5) is 11.4 Å². The topological polar surface area (TPSA) is 61.4 Å². The Labute approximate surface area is 127 Å². The molecule has 0 bridgehead atoms. The molecule has 6 heteroatoms. The summed E-state index contributed by atoms with van der Waals surface area (Å²) in [5.41, 5.74) is 1.57. The molecule has 5 nitrogen and oxygen atoms in total. The molecule has 21 heavy (non-hydrogen) atoms. The van der Waals surface area contributed by atoms with Crippen molar-refractivity contribution in [1.29, 1.82) is 0 Å². The van der Waals surface area contributed by atoms with E-state index in [1.165, 1.54) is 13.0 Å². The number of hydrogen-bond donors (Lipinski definition) is 2. The molecule has 0 unspecified atom stereocenters. The average Bonchev–Trinajstić information content (AvgIpc) is 2.40. The fourth-order valence-corrected chi connectivity index (χ4v) is 3.29. The van der Waals surface area contributed by atoms with Gasteiger partial charge in [-0.3, -0.25) is 4.72 Å². The van der Waals surface area contributed by atoms with Crippen molar-refractivity contribution >= 4 is 21.4 Å². The number of sulfonamides is 1. The van der Waals surface area contributed by atoms with Crippen LogP contribution in [0.3, 0.4) is 0 Å². The molecule has 2 N–H and O–H groups in total. The SMILES string of the molecule is CCCN1CCC(Nc2cccc(NS(C)(=O)=O)c2)CC1. The molecule has 1 aliphatic rings. The lowest BCUT2D eigenvalue weighted by Gasteiger charge is -2.32. The third kappa shape index (κ3) is 5.55. The largest absolute Gasteiger partial charge is 0.382 e. The summed E-state index contributed by atoms with van der Waals surface area (Å²) in [6.45, 7) is 5.66. The van der Waals surface area contributed by atoms with Crippen molar-refractivity contribution < 1.29 is 8.42 Å². The van der Waals surface area contributed by atoms with Crippen LogP contribution in [-0.2, 0) is 10.0 Å². The minimum Gasteiger partial charge on any atom is -0.382 e. The Morgan fingerprint density at radius 1 is 1.24 bits per heavy atom. The monoisotopic (exact) mass is 311 g/mol. The second-order valence-electron chi connectivity index (χ2n) is 5.72. The van der Waals surface area contributed by atoms with Crippen LogP contribution in [0.2, 0.25) is 0 Å². The van der Waals surface area contributed by atoms with Crippen molar-refractivity contribution in [3.63, 3.8) is 0 Å². The summed E-state index contributed by atoms with van der Waals surface area (Å²) < 4.78 is 25.0. The first kappa shape index (κ1) is 16.1. The van der Waals surface area contributed by atoms with Gasteiger partial charge in [0.2, 0.25) is 10.0 Å². The van der Waals surface area contributed by atoms with E-state index in [1.54, 1.807) is 6.07 Å². The molecule has 0 aliphatic carbocycles. The van der Waals surface area contributed by atoms with Crippen LogP contribution in [0.1, 0.15) is 26.2 Å². The Bertz CT molecular complexity index is 552. The van der Waals surface area contributed by atoms with Crippen LogP contribution in [-0.4, -0.2) is 45.2 Å². The maximum absolute atomic E-state index is 11.3. The molecule has 1 saturated heterocycles. The lowest BCUT2D eigenvalue weighted by atomic mass is 10.0. The highest BCUT2D eigenvalue weighted by Gasteiger charge is 2.18. The van der Waals surface area contributed by atoms with Gasteiger partial charge >= 0.3 is 0 Å². The first-order valence-electron chi connectivity index (χ1n) is 7.53. The van der Waals surface area contributed by atoms with E-state index in [-0.39, 0.29) is 0 Å². The van der Waals surface area contributed by atoms with Crippen molar-refractivity contribution in [3.05, 3.63) is 24.3 Å². The molecule has 0 atom stereocenters. The summed E-state index contributed by atoms with van der Waals surface area (Å²) in [6.07, 6.45) is 4.63. The molecule has 2 rings (SSSR count). The van der Waals surface area contributed by atoms with Gasteiger partial charge in [-0.2, -0.15) is 0 Å². The van der Waals surface area contributed by atoms with Gasteiger partial charge < -0.3 is 10.2 Å². The number of nitrogens with one attached hydrogen (secondary N) is 2. The Morgan fingerprint density at radius 2 is 1.90 bits per heavy atom. The summed E-state index contributed by atoms with van der Waals surface area (Å²) in [6, 6.07) is 7.91. The average molecular weight is 311 g/mol. The molecular weight excluding hydrogens is 286 g/mol. The molecular formula is C15H25N3O2S. The highest BCUT2D eigenvalue weighted by atomic mass is 32.2. The van der Waals surface area contributed by atoms with Gasteiger partial charge in [0, 0.05) is 24.8 Å². The molecule has 1 fully saturated rings. The predicted octanol–water partition coefficient (Wildman–Crippen LogP) is 2.34. The zero-order valence-electron chi connectivity index (χ0n) is 12.8. The fourth-order valence-electron chi connectivity index (χ4n) is 2.74. The molecule has 0 spiro atoms. The lowest BCUT2D eigenvalue weighted by Crippen LogP contribution is -2.39. The summed E-state index contributed by atoms with van der Waals surface area (Å²) in [4.78, 5) is 2.50. The molecule has 0 saturated carbocycles. The normalized spacial score (nSPS) is 17.6. The number of anilines is 2. The van der Waals surface area contributed by atoms with Crippen LogP contribution in [0.5, 0.6) is 0 Å². The van der Waals surface area contributed by atoms with Crippen molar-refractivity contribution in [3.8, 4) is 0 Å². The standard InChI is InChI=1S/C15H25N3O2S/c1-3-9-18-10-7-13(8-11-18)16-14-5-4-6-15(12-14)17-21(2,19)20/h4-6,12-13,16-17H,3,7-11H2,1-2H3. The predicted molar refractivity (Wildman–Crippen MR) is 88.3 cm³/mol. The summed E-state index contributed by atoms with van der Waals surface area (Å²) in [5.74, 6) is 0. The van der Waals surface area contributed by atoms with Gasteiger partial charge in [-0.15, -0.1) is 0 Å².